The fraction of sp³-hybridized carbons (Fsp3) is 0.200. The summed E-state index contributed by atoms with van der Waals surface area (Å²) in [6.07, 6.45) is 9.98. The summed E-state index contributed by atoms with van der Waals surface area (Å²) in [6.45, 7) is 0. The van der Waals surface area contributed by atoms with Crippen LogP contribution in [0.4, 0.5) is 5.69 Å². The molecule has 2 aromatic rings. The SMILES string of the molecule is CS(C)(=O)=Nc1cncc(-c2cn[nH]c2)c1. The van der Waals surface area contributed by atoms with Crippen molar-refractivity contribution in [2.75, 3.05) is 12.5 Å². The number of nitrogens with one attached hydrogen (secondary N) is 1. The van der Waals surface area contributed by atoms with Crippen molar-refractivity contribution in [1.29, 1.82) is 0 Å². The highest BCUT2D eigenvalue weighted by Crippen LogP contribution is 2.22. The number of nitrogens with zero attached hydrogens (tertiary/aromatic N) is 3. The first-order valence-electron chi connectivity index (χ1n) is 4.66. The van der Waals surface area contributed by atoms with Crippen molar-refractivity contribution in [1.82, 2.24) is 15.2 Å². The molecule has 6 heteroatoms. The zero-order valence-electron chi connectivity index (χ0n) is 9.04. The average Bonchev–Trinajstić information content (AvgIpc) is 2.68. The van der Waals surface area contributed by atoms with Crippen LogP contribution >= 0.6 is 0 Å². The smallest absolute Gasteiger partial charge is 0.0919 e. The van der Waals surface area contributed by atoms with Crippen LogP contribution in [0.3, 0.4) is 0 Å². The van der Waals surface area contributed by atoms with Crippen LogP contribution in [0.25, 0.3) is 11.1 Å². The van der Waals surface area contributed by atoms with Gasteiger partial charge in [0.1, 0.15) is 0 Å². The molecule has 0 unspecified atom stereocenters. The van der Waals surface area contributed by atoms with Gasteiger partial charge in [0.05, 0.1) is 18.1 Å². The van der Waals surface area contributed by atoms with E-state index in [1.807, 2.05) is 6.07 Å². The van der Waals surface area contributed by atoms with E-state index in [2.05, 4.69) is 19.5 Å². The summed E-state index contributed by atoms with van der Waals surface area (Å²) in [4.78, 5) is 4.06. The number of hydrogen-bond acceptors (Lipinski definition) is 4. The molecule has 0 saturated heterocycles. The predicted molar refractivity (Wildman–Crippen MR) is 63.9 cm³/mol. The van der Waals surface area contributed by atoms with Crippen LogP contribution in [0.5, 0.6) is 0 Å². The summed E-state index contributed by atoms with van der Waals surface area (Å²) in [7, 11) is -2.15. The summed E-state index contributed by atoms with van der Waals surface area (Å²) < 4.78 is 15.6. The second-order valence-electron chi connectivity index (χ2n) is 3.69. The van der Waals surface area contributed by atoms with Crippen molar-refractivity contribution in [3.63, 3.8) is 0 Å². The predicted octanol–water partition coefficient (Wildman–Crippen LogP) is 1.83. The van der Waals surface area contributed by atoms with Crippen molar-refractivity contribution in [2.24, 2.45) is 4.36 Å². The molecule has 0 aliphatic rings. The third-order valence-corrected chi connectivity index (χ3v) is 2.53. The number of hydrogen-bond donors (Lipinski definition) is 1. The molecule has 0 atom stereocenters. The first kappa shape index (κ1) is 10.8. The van der Waals surface area contributed by atoms with Gasteiger partial charge in [-0.05, 0) is 6.07 Å². The summed E-state index contributed by atoms with van der Waals surface area (Å²) in [5.74, 6) is 0. The zero-order valence-corrected chi connectivity index (χ0v) is 9.86. The minimum atomic E-state index is -2.15. The highest BCUT2D eigenvalue weighted by molar-refractivity contribution is 7.92. The van der Waals surface area contributed by atoms with Gasteiger partial charge in [-0.15, -0.1) is 0 Å². The molecule has 16 heavy (non-hydrogen) atoms. The summed E-state index contributed by atoms with van der Waals surface area (Å²) in [5, 5.41) is 6.59. The Morgan fingerprint density at radius 1 is 1.25 bits per heavy atom. The first-order chi connectivity index (χ1) is 7.54. The second-order valence-corrected chi connectivity index (χ2v) is 6.24. The summed E-state index contributed by atoms with van der Waals surface area (Å²) >= 11 is 0. The van der Waals surface area contributed by atoms with E-state index in [0.717, 1.165) is 11.1 Å². The van der Waals surface area contributed by atoms with Crippen molar-refractivity contribution in [3.05, 3.63) is 30.9 Å². The van der Waals surface area contributed by atoms with E-state index < -0.39 is 9.73 Å². The molecular formula is C10H12N4OS. The van der Waals surface area contributed by atoms with Crippen molar-refractivity contribution in [3.8, 4) is 11.1 Å². The van der Waals surface area contributed by atoms with Crippen LogP contribution < -0.4 is 0 Å². The maximum absolute atomic E-state index is 11.5. The van der Waals surface area contributed by atoms with Gasteiger partial charge in [-0.2, -0.15) is 9.46 Å². The maximum atomic E-state index is 11.5. The van der Waals surface area contributed by atoms with Crippen molar-refractivity contribution < 1.29 is 4.21 Å². The molecule has 84 valence electrons. The quantitative estimate of drug-likeness (QED) is 0.864. The highest BCUT2D eigenvalue weighted by Gasteiger charge is 2.01. The zero-order chi connectivity index (χ0) is 11.6. The van der Waals surface area contributed by atoms with Crippen LogP contribution in [0, 0.1) is 0 Å². The number of rotatable bonds is 2. The molecule has 0 aliphatic carbocycles. The van der Waals surface area contributed by atoms with E-state index in [1.165, 1.54) is 0 Å². The molecule has 2 rings (SSSR count). The lowest BCUT2D eigenvalue weighted by Crippen LogP contribution is -1.89. The van der Waals surface area contributed by atoms with Gasteiger partial charge < -0.3 is 0 Å². The molecule has 2 heterocycles. The molecule has 0 aromatic carbocycles. The number of H-pyrrole nitrogens is 1. The molecule has 0 amide bonds. The number of aromatic amines is 1. The molecule has 0 spiro atoms. The maximum Gasteiger partial charge on any atom is 0.0919 e. The van der Waals surface area contributed by atoms with Crippen molar-refractivity contribution in [2.45, 2.75) is 0 Å². The fourth-order valence-electron chi connectivity index (χ4n) is 1.30. The fourth-order valence-corrected chi connectivity index (χ4v) is 1.91. The monoisotopic (exact) mass is 236 g/mol. The number of aromatic nitrogens is 3. The first-order valence-corrected chi connectivity index (χ1v) is 6.99. The average molecular weight is 236 g/mol. The Morgan fingerprint density at radius 2 is 2.06 bits per heavy atom. The minimum absolute atomic E-state index is 0.619. The van der Waals surface area contributed by atoms with Gasteiger partial charge in [0, 0.05) is 45.8 Å². The summed E-state index contributed by atoms with van der Waals surface area (Å²) in [5.41, 5.74) is 2.45. The molecule has 0 saturated carbocycles. The molecule has 1 N–H and O–H groups in total. The lowest BCUT2D eigenvalue weighted by Gasteiger charge is -1.99. The van der Waals surface area contributed by atoms with E-state index in [1.54, 1.807) is 37.3 Å². The largest absolute Gasteiger partial charge is 0.285 e. The van der Waals surface area contributed by atoms with Crippen LogP contribution in [0.2, 0.25) is 0 Å². The molecular weight excluding hydrogens is 224 g/mol. The van der Waals surface area contributed by atoms with Crippen LogP contribution in [-0.2, 0) is 9.73 Å². The Bertz CT molecular complexity index is 589. The van der Waals surface area contributed by atoms with Gasteiger partial charge in [0.2, 0.25) is 0 Å². The standard InChI is InChI=1S/C10H12N4OS/c1-16(2,15)14-10-3-8(4-11-7-10)9-5-12-13-6-9/h3-7H,1-2H3,(H,12,13). The molecule has 5 nitrogen and oxygen atoms in total. The Kier molecular flexibility index (Phi) is 2.74. The van der Waals surface area contributed by atoms with Crippen molar-refractivity contribution >= 4 is 15.4 Å². The van der Waals surface area contributed by atoms with Gasteiger partial charge in [-0.1, -0.05) is 0 Å². The molecule has 0 aliphatic heterocycles. The van der Waals surface area contributed by atoms with E-state index in [-0.39, 0.29) is 0 Å². The Labute approximate surface area is 94.1 Å². The van der Waals surface area contributed by atoms with E-state index >= 15 is 0 Å². The van der Waals surface area contributed by atoms with Gasteiger partial charge in [0.25, 0.3) is 0 Å². The second kappa shape index (κ2) is 4.05. The van der Waals surface area contributed by atoms with Gasteiger partial charge in [0.15, 0.2) is 0 Å². The minimum Gasteiger partial charge on any atom is -0.285 e. The molecule has 0 fully saturated rings. The summed E-state index contributed by atoms with van der Waals surface area (Å²) in [6, 6.07) is 1.84. The lowest BCUT2D eigenvalue weighted by molar-refractivity contribution is 0.684. The van der Waals surface area contributed by atoms with Gasteiger partial charge >= 0.3 is 0 Å². The Hall–Kier alpha value is -1.69. The third kappa shape index (κ3) is 2.66. The van der Waals surface area contributed by atoms with E-state index in [4.69, 9.17) is 0 Å². The normalized spacial score (nSPS) is 11.4. The van der Waals surface area contributed by atoms with E-state index in [9.17, 15) is 4.21 Å². The van der Waals surface area contributed by atoms with Crippen LogP contribution in [0.15, 0.2) is 35.2 Å². The Morgan fingerprint density at radius 3 is 2.69 bits per heavy atom. The highest BCUT2D eigenvalue weighted by atomic mass is 32.2. The van der Waals surface area contributed by atoms with Crippen LogP contribution in [0.1, 0.15) is 0 Å². The Balaban J connectivity index is 2.46. The number of pyridine rings is 1. The molecule has 0 bridgehead atoms. The topological polar surface area (TPSA) is 71.0 Å². The van der Waals surface area contributed by atoms with Crippen LogP contribution in [-0.4, -0.2) is 31.9 Å². The van der Waals surface area contributed by atoms with E-state index in [0.29, 0.717) is 5.69 Å². The van der Waals surface area contributed by atoms with Gasteiger partial charge in [-0.25, -0.2) is 4.21 Å². The lowest BCUT2D eigenvalue weighted by atomic mass is 10.1. The van der Waals surface area contributed by atoms with Gasteiger partial charge in [-0.3, -0.25) is 10.1 Å². The molecule has 0 radical (unpaired) electrons. The third-order valence-electron chi connectivity index (χ3n) is 1.88. The molecule has 2 aromatic heterocycles.